The summed E-state index contributed by atoms with van der Waals surface area (Å²) in [7, 11) is 0. The highest BCUT2D eigenvalue weighted by atomic mass is 32.2. The van der Waals surface area contributed by atoms with Gasteiger partial charge in [-0.15, -0.1) is 0 Å². The third-order valence-electron chi connectivity index (χ3n) is 4.80. The molecule has 172 valence electrons. The number of nitrogens with one attached hydrogen (secondary N) is 1. The van der Waals surface area contributed by atoms with E-state index < -0.39 is 17.4 Å². The van der Waals surface area contributed by atoms with Crippen LogP contribution < -0.4 is 5.32 Å². The molecule has 1 amide bonds. The van der Waals surface area contributed by atoms with E-state index in [4.69, 9.17) is 0 Å². The molecule has 2 rings (SSSR count). The first kappa shape index (κ1) is 27.1. The topological polar surface area (TPSA) is 82.5 Å². The van der Waals surface area contributed by atoms with Crippen molar-refractivity contribution in [1.29, 1.82) is 0 Å². The normalized spacial score (nSPS) is 11.5. The van der Waals surface area contributed by atoms with Crippen molar-refractivity contribution >= 4 is 35.0 Å². The second-order valence-corrected chi connectivity index (χ2v) is 10.2. The van der Waals surface area contributed by atoms with E-state index in [1.165, 1.54) is 11.8 Å². The zero-order valence-corrected chi connectivity index (χ0v) is 21.4. The van der Waals surface area contributed by atoms with Gasteiger partial charge in [0.25, 0.3) is 5.91 Å². The van der Waals surface area contributed by atoms with Crippen LogP contribution in [-0.4, -0.2) is 51.8 Å². The Morgan fingerprint density at radius 1 is 1.16 bits per heavy atom. The van der Waals surface area contributed by atoms with E-state index in [9.17, 15) is 14.7 Å². The van der Waals surface area contributed by atoms with E-state index in [0.717, 1.165) is 23.4 Å². The van der Waals surface area contributed by atoms with E-state index in [0.29, 0.717) is 16.4 Å². The van der Waals surface area contributed by atoms with Crippen LogP contribution in [0, 0.1) is 0 Å². The summed E-state index contributed by atoms with van der Waals surface area (Å²) in [5, 5.41) is 12.1. The van der Waals surface area contributed by atoms with E-state index in [-0.39, 0.29) is 10.6 Å². The standard InChI is InChI=1S/C15H16N2O3S2.C8H19N/c1-15(2,9-7-5-4-6-8-9)17-12(18)10-11(13(19)20)22-14(16-10)21-3;1-6-9(7(2)3)8(4)5/h4-8H,1-3H3,(H,17,18)(H,19,20);7-8H,6H2,1-5H3. The van der Waals surface area contributed by atoms with Gasteiger partial charge in [-0.25, -0.2) is 9.78 Å². The first-order chi connectivity index (χ1) is 14.4. The highest BCUT2D eigenvalue weighted by Crippen LogP contribution is 2.27. The molecule has 8 heteroatoms. The number of benzene rings is 1. The van der Waals surface area contributed by atoms with Gasteiger partial charge < -0.3 is 10.4 Å². The molecule has 0 bridgehead atoms. The minimum absolute atomic E-state index is 0.0362. The van der Waals surface area contributed by atoms with Crippen LogP contribution in [0.2, 0.25) is 0 Å². The number of hydrogen-bond donors (Lipinski definition) is 2. The van der Waals surface area contributed by atoms with Crippen molar-refractivity contribution in [3.8, 4) is 0 Å². The molecule has 2 N–H and O–H groups in total. The van der Waals surface area contributed by atoms with E-state index in [2.05, 4.69) is 49.8 Å². The lowest BCUT2D eigenvalue weighted by atomic mass is 9.94. The molecule has 0 aliphatic carbocycles. The van der Waals surface area contributed by atoms with Gasteiger partial charge in [-0.2, -0.15) is 0 Å². The molecule has 0 fully saturated rings. The van der Waals surface area contributed by atoms with Crippen molar-refractivity contribution in [2.45, 2.75) is 70.4 Å². The zero-order valence-electron chi connectivity index (χ0n) is 19.7. The largest absolute Gasteiger partial charge is 0.477 e. The monoisotopic (exact) mass is 465 g/mol. The average molecular weight is 466 g/mol. The number of hydrogen-bond acceptors (Lipinski definition) is 6. The molecule has 0 unspecified atom stereocenters. The van der Waals surface area contributed by atoms with Crippen LogP contribution in [0.3, 0.4) is 0 Å². The fraction of sp³-hybridized carbons (Fsp3) is 0.522. The average Bonchev–Trinajstić information content (AvgIpc) is 3.14. The number of thiazole rings is 1. The fourth-order valence-corrected chi connectivity index (χ4v) is 4.68. The molecule has 0 saturated carbocycles. The summed E-state index contributed by atoms with van der Waals surface area (Å²) in [6.07, 6.45) is 1.79. The van der Waals surface area contributed by atoms with Crippen LogP contribution in [0.15, 0.2) is 34.7 Å². The van der Waals surface area contributed by atoms with Crippen molar-refractivity contribution in [2.24, 2.45) is 0 Å². The molecular formula is C23H35N3O3S2. The lowest BCUT2D eigenvalue weighted by Crippen LogP contribution is -2.41. The highest BCUT2D eigenvalue weighted by molar-refractivity contribution is 8.00. The fourth-order valence-electron chi connectivity index (χ4n) is 3.28. The van der Waals surface area contributed by atoms with Crippen molar-refractivity contribution in [3.05, 3.63) is 46.5 Å². The zero-order chi connectivity index (χ0) is 23.8. The molecule has 0 aliphatic heterocycles. The number of thioether (sulfide) groups is 1. The van der Waals surface area contributed by atoms with Crippen molar-refractivity contribution < 1.29 is 14.7 Å². The van der Waals surface area contributed by atoms with Gasteiger partial charge in [0.05, 0.1) is 5.54 Å². The van der Waals surface area contributed by atoms with Gasteiger partial charge in [0, 0.05) is 12.1 Å². The first-order valence-electron chi connectivity index (χ1n) is 10.4. The quantitative estimate of drug-likeness (QED) is 0.511. The molecule has 0 atom stereocenters. The summed E-state index contributed by atoms with van der Waals surface area (Å²) in [4.78, 5) is 30.3. The second-order valence-electron chi connectivity index (χ2n) is 8.13. The third-order valence-corrected chi connectivity index (χ3v) is 6.83. The molecule has 0 spiro atoms. The first-order valence-corrected chi connectivity index (χ1v) is 12.4. The Hall–Kier alpha value is -1.90. The molecule has 31 heavy (non-hydrogen) atoms. The molecular weight excluding hydrogens is 430 g/mol. The van der Waals surface area contributed by atoms with Crippen LogP contribution in [0.25, 0.3) is 0 Å². The Morgan fingerprint density at radius 3 is 2.10 bits per heavy atom. The Morgan fingerprint density at radius 2 is 1.71 bits per heavy atom. The Kier molecular flexibility index (Phi) is 10.7. The van der Waals surface area contributed by atoms with Gasteiger partial charge in [0.2, 0.25) is 0 Å². The summed E-state index contributed by atoms with van der Waals surface area (Å²) in [6, 6.07) is 10.9. The minimum atomic E-state index is -1.14. The maximum atomic E-state index is 12.4. The number of carbonyl (C=O) groups excluding carboxylic acids is 1. The van der Waals surface area contributed by atoms with Gasteiger partial charge in [-0.05, 0) is 59.9 Å². The van der Waals surface area contributed by atoms with E-state index in [1.807, 2.05) is 44.2 Å². The molecule has 0 saturated heterocycles. The predicted octanol–water partition coefficient (Wildman–Crippen LogP) is 5.35. The molecule has 1 aromatic heterocycles. The van der Waals surface area contributed by atoms with Crippen molar-refractivity contribution in [2.75, 3.05) is 12.8 Å². The van der Waals surface area contributed by atoms with Crippen LogP contribution in [0.1, 0.15) is 74.2 Å². The number of rotatable bonds is 8. The van der Waals surface area contributed by atoms with E-state index in [1.54, 1.807) is 6.26 Å². The molecule has 0 radical (unpaired) electrons. The molecule has 1 aromatic carbocycles. The van der Waals surface area contributed by atoms with Crippen LogP contribution in [-0.2, 0) is 5.54 Å². The van der Waals surface area contributed by atoms with Gasteiger partial charge >= 0.3 is 5.97 Å². The lowest BCUT2D eigenvalue weighted by molar-refractivity contribution is 0.0694. The second kappa shape index (κ2) is 12.2. The highest BCUT2D eigenvalue weighted by Gasteiger charge is 2.28. The number of nitrogens with zero attached hydrogens (tertiary/aromatic N) is 2. The SMILES string of the molecule is CCN(C(C)C)C(C)C.CSc1nc(C(=O)NC(C)(C)c2ccccc2)c(C(=O)O)s1. The third kappa shape index (κ3) is 7.94. The Bertz CT molecular complexity index is 841. The Balaban J connectivity index is 0.000000452. The van der Waals surface area contributed by atoms with Gasteiger partial charge in [0.15, 0.2) is 10.0 Å². The smallest absolute Gasteiger partial charge is 0.348 e. The molecule has 2 aromatic rings. The maximum Gasteiger partial charge on any atom is 0.348 e. The number of carboxylic acids is 1. The van der Waals surface area contributed by atoms with Crippen molar-refractivity contribution in [3.63, 3.8) is 0 Å². The summed E-state index contributed by atoms with van der Waals surface area (Å²) >= 11 is 2.33. The van der Waals surface area contributed by atoms with Crippen molar-refractivity contribution in [1.82, 2.24) is 15.2 Å². The molecule has 6 nitrogen and oxygen atoms in total. The maximum absolute atomic E-state index is 12.4. The molecule has 1 heterocycles. The summed E-state index contributed by atoms with van der Waals surface area (Å²) < 4.78 is 0.556. The van der Waals surface area contributed by atoms with E-state index >= 15 is 0 Å². The van der Waals surface area contributed by atoms with Crippen LogP contribution >= 0.6 is 23.1 Å². The molecule has 0 aliphatic rings. The van der Waals surface area contributed by atoms with Crippen LogP contribution in [0.5, 0.6) is 0 Å². The Labute approximate surface area is 194 Å². The van der Waals surface area contributed by atoms with Gasteiger partial charge in [-0.3, -0.25) is 9.69 Å². The number of carbonyl (C=O) groups is 2. The van der Waals surface area contributed by atoms with Gasteiger partial charge in [0.1, 0.15) is 4.88 Å². The number of amides is 1. The van der Waals surface area contributed by atoms with Gasteiger partial charge in [-0.1, -0.05) is 60.4 Å². The number of aromatic carboxylic acids is 1. The summed E-state index contributed by atoms with van der Waals surface area (Å²) in [5.74, 6) is -1.62. The minimum Gasteiger partial charge on any atom is -0.477 e. The predicted molar refractivity (Wildman–Crippen MR) is 130 cm³/mol. The summed E-state index contributed by atoms with van der Waals surface area (Å²) in [6.45, 7) is 16.1. The summed E-state index contributed by atoms with van der Waals surface area (Å²) in [5.41, 5.74) is 0.267. The number of carboxylic acid groups (broad SMARTS) is 1. The van der Waals surface area contributed by atoms with Crippen LogP contribution in [0.4, 0.5) is 0 Å². The lowest BCUT2D eigenvalue weighted by Gasteiger charge is -2.28. The number of aromatic nitrogens is 1.